The maximum absolute atomic E-state index is 12.2. The summed E-state index contributed by atoms with van der Waals surface area (Å²) in [4.78, 5) is 12.2. The average Bonchev–Trinajstić information content (AvgIpc) is 3.00. The molecule has 5 heteroatoms. The number of carbonyl (C=O) groups is 1. The van der Waals surface area contributed by atoms with Gasteiger partial charge in [-0.25, -0.2) is 0 Å². The lowest BCUT2D eigenvalue weighted by atomic mass is 10.2. The molecule has 3 aromatic rings. The molecule has 0 aliphatic rings. The second-order valence-electron chi connectivity index (χ2n) is 4.90. The summed E-state index contributed by atoms with van der Waals surface area (Å²) in [5.41, 5.74) is 2.38. The van der Waals surface area contributed by atoms with Crippen molar-refractivity contribution in [2.75, 3.05) is 5.32 Å². The van der Waals surface area contributed by atoms with Crippen molar-refractivity contribution < 1.29 is 9.21 Å². The number of furan rings is 1. The Hall–Kier alpha value is -3.00. The molecule has 0 aliphatic carbocycles. The first-order valence-electron chi connectivity index (χ1n) is 6.45. The summed E-state index contributed by atoms with van der Waals surface area (Å²) in [5.74, 6) is 0.577. The van der Waals surface area contributed by atoms with Crippen LogP contribution in [-0.4, -0.2) is 10.5 Å². The van der Waals surface area contributed by atoms with E-state index >= 15 is 0 Å². The quantitative estimate of drug-likeness (QED) is 0.783. The number of aryl methyl sites for hydroxylation is 2. The van der Waals surface area contributed by atoms with Crippen LogP contribution in [0.5, 0.6) is 0 Å². The Balaban J connectivity index is 1.88. The van der Waals surface area contributed by atoms with Crippen molar-refractivity contribution in [3.63, 3.8) is 0 Å². The number of anilines is 1. The fraction of sp³-hybridized carbons (Fsp3) is 0.125. The molecule has 0 saturated carbocycles. The van der Waals surface area contributed by atoms with Crippen molar-refractivity contribution in [1.82, 2.24) is 4.57 Å². The number of rotatable bonds is 2. The van der Waals surface area contributed by atoms with Crippen LogP contribution < -0.4 is 5.32 Å². The molecule has 1 amide bonds. The minimum absolute atomic E-state index is 0.251. The van der Waals surface area contributed by atoms with Crippen LogP contribution in [-0.2, 0) is 7.05 Å². The topological polar surface area (TPSA) is 71.0 Å². The minimum atomic E-state index is -0.251. The molecule has 0 atom stereocenters. The lowest BCUT2D eigenvalue weighted by Gasteiger charge is -2.05. The van der Waals surface area contributed by atoms with Gasteiger partial charge in [0.2, 0.25) is 0 Å². The van der Waals surface area contributed by atoms with E-state index in [9.17, 15) is 4.79 Å². The molecule has 0 bridgehead atoms. The molecule has 2 heterocycles. The highest BCUT2D eigenvalue weighted by molar-refractivity contribution is 6.04. The van der Waals surface area contributed by atoms with Crippen LogP contribution in [0.25, 0.3) is 11.0 Å². The van der Waals surface area contributed by atoms with Gasteiger partial charge >= 0.3 is 0 Å². The molecule has 104 valence electrons. The number of benzene rings is 1. The van der Waals surface area contributed by atoms with Crippen molar-refractivity contribution in [2.45, 2.75) is 6.92 Å². The molecule has 0 unspecified atom stereocenters. The molecule has 3 rings (SSSR count). The second-order valence-corrected chi connectivity index (χ2v) is 4.90. The van der Waals surface area contributed by atoms with Gasteiger partial charge in [0.1, 0.15) is 23.1 Å². The average molecular weight is 279 g/mol. The van der Waals surface area contributed by atoms with Gasteiger partial charge in [0, 0.05) is 24.3 Å². The molecule has 0 fully saturated rings. The fourth-order valence-corrected chi connectivity index (χ4v) is 2.30. The first-order chi connectivity index (χ1) is 10.1. The molecule has 21 heavy (non-hydrogen) atoms. The van der Waals surface area contributed by atoms with E-state index in [0.29, 0.717) is 16.9 Å². The number of amides is 1. The highest BCUT2D eigenvalue weighted by Gasteiger charge is 2.12. The van der Waals surface area contributed by atoms with Crippen LogP contribution in [0.4, 0.5) is 5.69 Å². The van der Waals surface area contributed by atoms with Gasteiger partial charge in [-0.1, -0.05) is 0 Å². The van der Waals surface area contributed by atoms with Crippen molar-refractivity contribution in [1.29, 1.82) is 5.26 Å². The normalized spacial score (nSPS) is 10.5. The Morgan fingerprint density at radius 3 is 2.86 bits per heavy atom. The summed E-state index contributed by atoms with van der Waals surface area (Å²) in [7, 11) is 1.73. The zero-order chi connectivity index (χ0) is 15.0. The molecule has 5 nitrogen and oxygen atoms in total. The molecule has 2 aromatic heterocycles. The Morgan fingerprint density at radius 2 is 2.14 bits per heavy atom. The maximum Gasteiger partial charge on any atom is 0.272 e. The molecule has 1 N–H and O–H groups in total. The smallest absolute Gasteiger partial charge is 0.272 e. The third-order valence-electron chi connectivity index (χ3n) is 3.26. The van der Waals surface area contributed by atoms with Gasteiger partial charge in [-0.3, -0.25) is 4.79 Å². The largest absolute Gasteiger partial charge is 0.461 e. The van der Waals surface area contributed by atoms with Crippen LogP contribution in [0.3, 0.4) is 0 Å². The van der Waals surface area contributed by atoms with Crippen LogP contribution in [0.15, 0.2) is 40.9 Å². The molecular formula is C16H13N3O2. The molecule has 1 aromatic carbocycles. The fourth-order valence-electron chi connectivity index (χ4n) is 2.30. The number of aromatic nitrogens is 1. The van der Waals surface area contributed by atoms with Crippen molar-refractivity contribution in [3.8, 4) is 6.07 Å². The Labute approximate surface area is 121 Å². The Bertz CT molecular complexity index is 881. The van der Waals surface area contributed by atoms with E-state index in [1.54, 1.807) is 29.9 Å². The summed E-state index contributed by atoms with van der Waals surface area (Å²) in [6.45, 7) is 1.88. The van der Waals surface area contributed by atoms with E-state index in [0.717, 1.165) is 16.7 Å². The van der Waals surface area contributed by atoms with Gasteiger partial charge in [0.25, 0.3) is 5.91 Å². The van der Waals surface area contributed by atoms with Gasteiger partial charge in [-0.05, 0) is 37.3 Å². The second kappa shape index (κ2) is 4.84. The third kappa shape index (κ3) is 2.39. The Kier molecular flexibility index (Phi) is 2.99. The first kappa shape index (κ1) is 13.0. The van der Waals surface area contributed by atoms with E-state index in [2.05, 4.69) is 5.32 Å². The Morgan fingerprint density at radius 1 is 1.33 bits per heavy atom. The lowest BCUT2D eigenvalue weighted by molar-refractivity contribution is 0.101. The van der Waals surface area contributed by atoms with Crippen molar-refractivity contribution in [3.05, 3.63) is 53.5 Å². The number of nitrogens with one attached hydrogen (secondary N) is 1. The predicted molar refractivity (Wildman–Crippen MR) is 79.0 cm³/mol. The summed E-state index contributed by atoms with van der Waals surface area (Å²) < 4.78 is 7.13. The van der Waals surface area contributed by atoms with Gasteiger partial charge < -0.3 is 14.3 Å². The SMILES string of the molecule is Cc1cc2cc(NC(=O)c3cc(C#N)cn3C)ccc2o1. The van der Waals surface area contributed by atoms with E-state index in [4.69, 9.17) is 9.68 Å². The van der Waals surface area contributed by atoms with Crippen LogP contribution in [0.2, 0.25) is 0 Å². The summed E-state index contributed by atoms with van der Waals surface area (Å²) >= 11 is 0. The monoisotopic (exact) mass is 279 g/mol. The summed E-state index contributed by atoms with van der Waals surface area (Å²) in [5, 5.41) is 12.6. The first-order valence-corrected chi connectivity index (χ1v) is 6.45. The van der Waals surface area contributed by atoms with E-state index < -0.39 is 0 Å². The zero-order valence-corrected chi connectivity index (χ0v) is 11.7. The van der Waals surface area contributed by atoms with Gasteiger partial charge in [0.15, 0.2) is 0 Å². The number of nitriles is 1. The predicted octanol–water partition coefficient (Wildman–Crippen LogP) is 3.20. The van der Waals surface area contributed by atoms with Crippen LogP contribution in [0, 0.1) is 18.3 Å². The standard InChI is InChI=1S/C16H13N3O2/c1-10-5-12-7-13(3-4-15(12)21-10)18-16(20)14-6-11(8-17)9-19(14)2/h3-7,9H,1-2H3,(H,18,20). The minimum Gasteiger partial charge on any atom is -0.461 e. The van der Waals surface area contributed by atoms with Gasteiger partial charge in [0.05, 0.1) is 5.56 Å². The third-order valence-corrected chi connectivity index (χ3v) is 3.26. The highest BCUT2D eigenvalue weighted by atomic mass is 16.3. The molecule has 0 radical (unpaired) electrons. The van der Waals surface area contributed by atoms with Crippen LogP contribution >= 0.6 is 0 Å². The van der Waals surface area contributed by atoms with Crippen molar-refractivity contribution in [2.24, 2.45) is 7.05 Å². The number of fused-ring (bicyclic) bond motifs is 1. The van der Waals surface area contributed by atoms with E-state index in [-0.39, 0.29) is 5.91 Å². The highest BCUT2D eigenvalue weighted by Crippen LogP contribution is 2.23. The van der Waals surface area contributed by atoms with E-state index in [1.807, 2.05) is 31.2 Å². The van der Waals surface area contributed by atoms with Gasteiger partial charge in [-0.15, -0.1) is 0 Å². The van der Waals surface area contributed by atoms with Crippen LogP contribution in [0.1, 0.15) is 21.8 Å². The zero-order valence-electron chi connectivity index (χ0n) is 11.7. The lowest BCUT2D eigenvalue weighted by Crippen LogP contribution is -2.15. The number of nitrogens with zero attached hydrogens (tertiary/aromatic N) is 2. The maximum atomic E-state index is 12.2. The molecule has 0 saturated heterocycles. The number of hydrogen-bond acceptors (Lipinski definition) is 3. The van der Waals surface area contributed by atoms with Gasteiger partial charge in [-0.2, -0.15) is 5.26 Å². The van der Waals surface area contributed by atoms with E-state index in [1.165, 1.54) is 0 Å². The summed E-state index contributed by atoms with van der Waals surface area (Å²) in [6, 6.07) is 11.0. The summed E-state index contributed by atoms with van der Waals surface area (Å²) in [6.07, 6.45) is 1.62. The van der Waals surface area contributed by atoms with Crippen molar-refractivity contribution >= 4 is 22.6 Å². The number of hydrogen-bond donors (Lipinski definition) is 1. The number of carbonyl (C=O) groups excluding carboxylic acids is 1. The molecule has 0 spiro atoms. The molecular weight excluding hydrogens is 266 g/mol. The molecule has 0 aliphatic heterocycles.